The average molecular weight is 241 g/mol. The lowest BCUT2D eigenvalue weighted by atomic mass is 10.2. The smallest absolute Gasteiger partial charge is 0.330 e. The van der Waals surface area contributed by atoms with E-state index in [0.717, 1.165) is 11.9 Å². The normalized spacial score (nSPS) is 10.4. The molecule has 2 rings (SSSR count). The Balaban J connectivity index is 2.32. The van der Waals surface area contributed by atoms with Gasteiger partial charge in [-0.05, 0) is 12.1 Å². The second-order valence-corrected chi connectivity index (χ2v) is 3.52. The van der Waals surface area contributed by atoms with E-state index in [0.29, 0.717) is 5.39 Å². The Morgan fingerprint density at radius 3 is 3.12 bits per heavy atom. The van der Waals surface area contributed by atoms with Crippen molar-refractivity contribution >= 4 is 34.8 Å². The van der Waals surface area contributed by atoms with E-state index >= 15 is 0 Å². The van der Waals surface area contributed by atoms with Gasteiger partial charge in [0, 0.05) is 6.26 Å². The highest BCUT2D eigenvalue weighted by Gasteiger charge is 2.13. The fourth-order valence-corrected chi connectivity index (χ4v) is 1.48. The van der Waals surface area contributed by atoms with E-state index in [1.165, 1.54) is 12.1 Å². The monoisotopic (exact) mass is 241 g/mol. The van der Waals surface area contributed by atoms with Crippen molar-refractivity contribution in [2.45, 2.75) is 0 Å². The van der Waals surface area contributed by atoms with Crippen molar-refractivity contribution in [2.24, 2.45) is 0 Å². The molecular formula is C9H8FN3O2S. The Hall–Kier alpha value is -1.76. The molecule has 84 valence electrons. The third-order valence-electron chi connectivity index (χ3n) is 1.88. The Kier molecular flexibility index (Phi) is 2.95. The maximum Gasteiger partial charge on any atom is 0.330 e. The number of hydrogen-bond acceptors (Lipinski definition) is 4. The van der Waals surface area contributed by atoms with Crippen molar-refractivity contribution in [2.75, 3.05) is 11.6 Å². The number of anilines is 1. The Bertz CT molecular complexity index is 528. The first kappa shape index (κ1) is 10.7. The topological polar surface area (TPSA) is 67.2 Å². The molecule has 1 aromatic carbocycles. The molecule has 7 heteroatoms. The molecule has 0 aliphatic heterocycles. The summed E-state index contributed by atoms with van der Waals surface area (Å²) in [4.78, 5) is 11.2. The van der Waals surface area contributed by atoms with Gasteiger partial charge in [0.1, 0.15) is 0 Å². The first-order valence-electron chi connectivity index (χ1n) is 4.36. The van der Waals surface area contributed by atoms with Crippen LogP contribution < -0.4 is 10.0 Å². The Morgan fingerprint density at radius 1 is 1.56 bits per heavy atom. The summed E-state index contributed by atoms with van der Waals surface area (Å²) in [6.45, 7) is 0. The molecule has 1 aromatic heterocycles. The molecule has 0 atom stereocenters. The predicted octanol–water partition coefficient (Wildman–Crippen LogP) is 2.37. The van der Waals surface area contributed by atoms with Gasteiger partial charge in [-0.15, -0.1) is 0 Å². The molecule has 0 fully saturated rings. The quantitative estimate of drug-likeness (QED) is 0.792. The number of rotatable bonds is 2. The zero-order valence-electron chi connectivity index (χ0n) is 8.28. The van der Waals surface area contributed by atoms with Gasteiger partial charge in [-0.2, -0.15) is 0 Å². The first-order valence-corrected chi connectivity index (χ1v) is 5.58. The highest BCUT2D eigenvalue weighted by atomic mass is 32.2. The van der Waals surface area contributed by atoms with Gasteiger partial charge >= 0.3 is 6.03 Å². The number of aromatic nitrogens is 1. The highest BCUT2D eigenvalue weighted by molar-refractivity contribution is 7.97. The lowest BCUT2D eigenvalue weighted by Crippen LogP contribution is -2.22. The maximum atomic E-state index is 13.2. The third kappa shape index (κ3) is 1.94. The Morgan fingerprint density at radius 2 is 2.38 bits per heavy atom. The number of para-hydroxylation sites is 1. The molecule has 0 aliphatic carbocycles. The molecule has 2 aromatic rings. The van der Waals surface area contributed by atoms with Crippen LogP contribution in [0.25, 0.3) is 11.0 Å². The zero-order valence-corrected chi connectivity index (χ0v) is 9.10. The fourth-order valence-electron chi connectivity index (χ4n) is 1.24. The number of hydrogen-bond donors (Lipinski definition) is 2. The van der Waals surface area contributed by atoms with Crippen molar-refractivity contribution in [3.63, 3.8) is 0 Å². The summed E-state index contributed by atoms with van der Waals surface area (Å²) in [7, 11) is 0. The number of carbonyl (C=O) groups is 1. The van der Waals surface area contributed by atoms with Crippen LogP contribution in [0.4, 0.5) is 15.0 Å². The summed E-state index contributed by atoms with van der Waals surface area (Å²) in [6.07, 6.45) is 1.71. The predicted molar refractivity (Wildman–Crippen MR) is 59.6 cm³/mol. The van der Waals surface area contributed by atoms with Crippen LogP contribution in [0.1, 0.15) is 0 Å². The van der Waals surface area contributed by atoms with Gasteiger partial charge in [-0.25, -0.2) is 9.18 Å². The van der Waals surface area contributed by atoms with Gasteiger partial charge in [-0.1, -0.05) is 23.2 Å². The van der Waals surface area contributed by atoms with E-state index in [2.05, 4.69) is 15.2 Å². The maximum absolute atomic E-state index is 13.2. The molecule has 0 radical (unpaired) electrons. The standard InChI is InChI=1S/C9H8FN3O2S/c1-16-13-9(14)11-8-5-3-2-4-6(10)7(5)15-12-8/h2-4H,1H3,(H2,11,12,13,14). The summed E-state index contributed by atoms with van der Waals surface area (Å²) in [5, 5.41) is 6.46. The lowest BCUT2D eigenvalue weighted by molar-refractivity contribution is 0.257. The molecule has 1 heterocycles. The van der Waals surface area contributed by atoms with E-state index in [1.807, 2.05) is 0 Å². The fraction of sp³-hybridized carbons (Fsp3) is 0.111. The highest BCUT2D eigenvalue weighted by Crippen LogP contribution is 2.24. The lowest BCUT2D eigenvalue weighted by Gasteiger charge is -2.00. The number of halogens is 1. The third-order valence-corrected chi connectivity index (χ3v) is 2.27. The van der Waals surface area contributed by atoms with Gasteiger partial charge in [-0.3, -0.25) is 10.0 Å². The van der Waals surface area contributed by atoms with Crippen molar-refractivity contribution < 1.29 is 13.7 Å². The second-order valence-electron chi connectivity index (χ2n) is 2.91. The van der Waals surface area contributed by atoms with E-state index < -0.39 is 11.8 Å². The molecule has 0 spiro atoms. The molecular weight excluding hydrogens is 233 g/mol. The summed E-state index contributed by atoms with van der Waals surface area (Å²) >= 11 is 1.15. The summed E-state index contributed by atoms with van der Waals surface area (Å²) in [5.41, 5.74) is 0.0296. The average Bonchev–Trinajstić information content (AvgIpc) is 2.64. The van der Waals surface area contributed by atoms with Crippen molar-refractivity contribution in [3.05, 3.63) is 24.0 Å². The number of nitrogens with zero attached hydrogens (tertiary/aromatic N) is 1. The van der Waals surface area contributed by atoms with Crippen molar-refractivity contribution in [1.82, 2.24) is 9.88 Å². The van der Waals surface area contributed by atoms with Gasteiger partial charge in [0.15, 0.2) is 11.6 Å². The summed E-state index contributed by atoms with van der Waals surface area (Å²) < 4.78 is 20.5. The van der Waals surface area contributed by atoms with E-state index in [9.17, 15) is 9.18 Å². The largest absolute Gasteiger partial charge is 0.351 e. The van der Waals surface area contributed by atoms with E-state index in [4.69, 9.17) is 4.52 Å². The molecule has 0 aliphatic rings. The molecule has 16 heavy (non-hydrogen) atoms. The van der Waals surface area contributed by atoms with Crippen LogP contribution in [0.3, 0.4) is 0 Å². The molecule has 2 N–H and O–H groups in total. The van der Waals surface area contributed by atoms with E-state index in [1.54, 1.807) is 12.3 Å². The summed E-state index contributed by atoms with van der Waals surface area (Å²) in [6, 6.07) is 3.96. The number of fused-ring (bicyclic) bond motifs is 1. The summed E-state index contributed by atoms with van der Waals surface area (Å²) in [5.74, 6) is -0.315. The van der Waals surface area contributed by atoms with Gasteiger partial charge in [0.05, 0.1) is 5.39 Å². The number of amides is 2. The zero-order chi connectivity index (χ0) is 11.5. The molecule has 0 bridgehead atoms. The van der Waals surface area contributed by atoms with Crippen molar-refractivity contribution in [3.8, 4) is 0 Å². The van der Waals surface area contributed by atoms with Gasteiger partial charge in [0.2, 0.25) is 5.58 Å². The molecule has 5 nitrogen and oxygen atoms in total. The van der Waals surface area contributed by atoms with Crippen LogP contribution >= 0.6 is 11.9 Å². The van der Waals surface area contributed by atoms with Crippen LogP contribution in [0, 0.1) is 5.82 Å². The molecule has 0 saturated carbocycles. The minimum atomic E-state index is -0.511. The number of benzene rings is 1. The SMILES string of the molecule is CSNC(=O)Nc1noc2c(F)cccc12. The van der Waals surface area contributed by atoms with Crippen LogP contribution in [-0.4, -0.2) is 17.4 Å². The minimum Gasteiger partial charge on any atom is -0.351 e. The Labute approximate surface area is 94.5 Å². The van der Waals surface area contributed by atoms with Crippen LogP contribution in [0.2, 0.25) is 0 Å². The second kappa shape index (κ2) is 4.40. The van der Waals surface area contributed by atoms with Crippen molar-refractivity contribution in [1.29, 1.82) is 0 Å². The van der Waals surface area contributed by atoms with Crippen LogP contribution in [-0.2, 0) is 0 Å². The van der Waals surface area contributed by atoms with E-state index in [-0.39, 0.29) is 11.4 Å². The van der Waals surface area contributed by atoms with Gasteiger partial charge < -0.3 is 4.52 Å². The number of carbonyl (C=O) groups excluding carboxylic acids is 1. The first-order chi connectivity index (χ1) is 7.72. The number of nitrogens with one attached hydrogen (secondary N) is 2. The van der Waals surface area contributed by atoms with Gasteiger partial charge in [0.25, 0.3) is 0 Å². The van der Waals surface area contributed by atoms with Crippen LogP contribution in [0.5, 0.6) is 0 Å². The number of urea groups is 1. The molecule has 0 unspecified atom stereocenters. The minimum absolute atomic E-state index is 0.0296. The molecule has 2 amide bonds. The van der Waals surface area contributed by atoms with Crippen LogP contribution in [0.15, 0.2) is 22.7 Å². The molecule has 0 saturated heterocycles.